The van der Waals surface area contributed by atoms with Crippen LogP contribution < -0.4 is 5.73 Å². The summed E-state index contributed by atoms with van der Waals surface area (Å²) >= 11 is 0. The van der Waals surface area contributed by atoms with E-state index in [-0.39, 0.29) is 0 Å². The van der Waals surface area contributed by atoms with Gasteiger partial charge in [0.1, 0.15) is 0 Å². The van der Waals surface area contributed by atoms with Gasteiger partial charge in [0.2, 0.25) is 0 Å². The van der Waals surface area contributed by atoms with Crippen molar-refractivity contribution in [2.45, 2.75) is 77.6 Å². The molecule has 3 aromatic carbocycles. The monoisotopic (exact) mass is 387 g/mol. The van der Waals surface area contributed by atoms with Gasteiger partial charge >= 0.3 is 0 Å². The highest BCUT2D eigenvalue weighted by atomic mass is 14.6. The van der Waals surface area contributed by atoms with Crippen LogP contribution in [0, 0.1) is 0 Å². The van der Waals surface area contributed by atoms with Gasteiger partial charge in [-0.1, -0.05) is 119 Å². The van der Waals surface area contributed by atoms with Crippen LogP contribution in [0.25, 0.3) is 21.9 Å². The van der Waals surface area contributed by atoms with E-state index < -0.39 is 0 Å². The second-order valence-corrected chi connectivity index (χ2v) is 8.38. The SMILES string of the molecule is CCCCCCCCCCCCc1ccc(-c2c(N)ccc3ccccc23)cc1. The summed E-state index contributed by atoms with van der Waals surface area (Å²) in [5.41, 5.74) is 11.0. The third-order valence-electron chi connectivity index (χ3n) is 6.02. The molecule has 0 radical (unpaired) electrons. The Morgan fingerprint density at radius 1 is 0.621 bits per heavy atom. The fraction of sp³-hybridized carbons (Fsp3) is 0.429. The van der Waals surface area contributed by atoms with Crippen molar-refractivity contribution in [2.24, 2.45) is 0 Å². The molecule has 0 aromatic heterocycles. The lowest BCUT2D eigenvalue weighted by Gasteiger charge is -2.11. The van der Waals surface area contributed by atoms with Crippen LogP contribution in [0.2, 0.25) is 0 Å². The first-order valence-corrected chi connectivity index (χ1v) is 11.7. The Morgan fingerprint density at radius 2 is 1.24 bits per heavy atom. The van der Waals surface area contributed by atoms with Gasteiger partial charge in [-0.25, -0.2) is 0 Å². The summed E-state index contributed by atoms with van der Waals surface area (Å²) in [4.78, 5) is 0. The Morgan fingerprint density at radius 3 is 1.93 bits per heavy atom. The molecule has 29 heavy (non-hydrogen) atoms. The number of rotatable bonds is 12. The molecule has 0 unspecified atom stereocenters. The van der Waals surface area contributed by atoms with Crippen LogP contribution in [0.3, 0.4) is 0 Å². The lowest BCUT2D eigenvalue weighted by Crippen LogP contribution is -1.92. The van der Waals surface area contributed by atoms with Crippen LogP contribution in [0.4, 0.5) is 5.69 Å². The molecule has 0 fully saturated rings. The van der Waals surface area contributed by atoms with Crippen LogP contribution >= 0.6 is 0 Å². The van der Waals surface area contributed by atoms with E-state index in [0.29, 0.717) is 0 Å². The minimum atomic E-state index is 0.853. The molecule has 3 rings (SSSR count). The average Bonchev–Trinajstić information content (AvgIpc) is 2.75. The van der Waals surface area contributed by atoms with E-state index in [0.717, 1.165) is 11.3 Å². The summed E-state index contributed by atoms with van der Waals surface area (Å²) in [7, 11) is 0. The van der Waals surface area contributed by atoms with Crippen molar-refractivity contribution in [2.75, 3.05) is 5.73 Å². The summed E-state index contributed by atoms with van der Waals surface area (Å²) in [5.74, 6) is 0. The number of aryl methyl sites for hydroxylation is 1. The fourth-order valence-corrected chi connectivity index (χ4v) is 4.27. The number of nitrogen functional groups attached to an aromatic ring is 1. The maximum absolute atomic E-state index is 6.33. The summed E-state index contributed by atoms with van der Waals surface area (Å²) in [6, 6.07) is 21.7. The molecule has 3 aromatic rings. The third-order valence-corrected chi connectivity index (χ3v) is 6.02. The number of anilines is 1. The standard InChI is InChI=1S/C28H37N/c1-2-3-4-5-6-7-8-9-10-11-14-23-17-19-25(20-18-23)28-26-16-13-12-15-24(26)21-22-27(28)29/h12-13,15-22H,2-11,14,29H2,1H3. The van der Waals surface area contributed by atoms with E-state index in [1.165, 1.54) is 92.5 Å². The predicted molar refractivity (Wildman–Crippen MR) is 129 cm³/mol. The van der Waals surface area contributed by atoms with Crippen LogP contribution in [-0.4, -0.2) is 0 Å². The highest BCUT2D eigenvalue weighted by Gasteiger charge is 2.08. The van der Waals surface area contributed by atoms with E-state index in [1.807, 2.05) is 6.07 Å². The molecule has 0 saturated carbocycles. The zero-order valence-corrected chi connectivity index (χ0v) is 18.1. The minimum absolute atomic E-state index is 0.853. The number of nitrogens with two attached hydrogens (primary N) is 1. The lowest BCUT2D eigenvalue weighted by atomic mass is 9.95. The van der Waals surface area contributed by atoms with Gasteiger partial charge in [-0.3, -0.25) is 0 Å². The molecule has 0 saturated heterocycles. The highest BCUT2D eigenvalue weighted by Crippen LogP contribution is 2.34. The molecule has 1 nitrogen and oxygen atoms in total. The molecular weight excluding hydrogens is 350 g/mol. The Kier molecular flexibility index (Phi) is 8.61. The quantitative estimate of drug-likeness (QED) is 0.244. The van der Waals surface area contributed by atoms with Crippen molar-refractivity contribution in [1.29, 1.82) is 0 Å². The van der Waals surface area contributed by atoms with E-state index in [1.54, 1.807) is 0 Å². The van der Waals surface area contributed by atoms with Crippen LogP contribution in [0.15, 0.2) is 60.7 Å². The first kappa shape index (κ1) is 21.4. The molecule has 0 amide bonds. The van der Waals surface area contributed by atoms with Crippen LogP contribution in [0.5, 0.6) is 0 Å². The molecule has 0 aliphatic heterocycles. The molecule has 0 heterocycles. The lowest BCUT2D eigenvalue weighted by molar-refractivity contribution is 0.556. The molecule has 154 valence electrons. The normalized spacial score (nSPS) is 11.2. The van der Waals surface area contributed by atoms with Crippen molar-refractivity contribution in [3.8, 4) is 11.1 Å². The molecule has 1 heteroatoms. The average molecular weight is 388 g/mol. The van der Waals surface area contributed by atoms with E-state index >= 15 is 0 Å². The number of hydrogen-bond acceptors (Lipinski definition) is 1. The van der Waals surface area contributed by atoms with Gasteiger partial charge in [-0.2, -0.15) is 0 Å². The Bertz CT molecular complexity index is 863. The summed E-state index contributed by atoms with van der Waals surface area (Å²) in [6.45, 7) is 2.28. The topological polar surface area (TPSA) is 26.0 Å². The number of unbranched alkanes of at least 4 members (excludes halogenated alkanes) is 9. The summed E-state index contributed by atoms with van der Waals surface area (Å²) in [6.07, 6.45) is 15.1. The first-order valence-electron chi connectivity index (χ1n) is 11.7. The Balaban J connectivity index is 1.45. The van der Waals surface area contributed by atoms with Gasteiger partial charge in [-0.15, -0.1) is 0 Å². The van der Waals surface area contributed by atoms with Crippen LogP contribution in [0.1, 0.15) is 76.7 Å². The van der Waals surface area contributed by atoms with Gasteiger partial charge in [-0.05, 0) is 40.8 Å². The second kappa shape index (κ2) is 11.7. The number of benzene rings is 3. The Hall–Kier alpha value is -2.28. The smallest absolute Gasteiger partial charge is 0.0400 e. The van der Waals surface area contributed by atoms with Crippen molar-refractivity contribution in [3.05, 3.63) is 66.2 Å². The first-order chi connectivity index (χ1) is 14.3. The van der Waals surface area contributed by atoms with Gasteiger partial charge in [0.25, 0.3) is 0 Å². The largest absolute Gasteiger partial charge is 0.398 e. The summed E-state index contributed by atoms with van der Waals surface area (Å²) in [5, 5.41) is 2.47. The zero-order chi connectivity index (χ0) is 20.3. The second-order valence-electron chi connectivity index (χ2n) is 8.38. The Labute approximate surface area is 177 Å². The van der Waals surface area contributed by atoms with Gasteiger partial charge < -0.3 is 5.73 Å². The molecule has 0 spiro atoms. The van der Waals surface area contributed by atoms with Crippen molar-refractivity contribution in [3.63, 3.8) is 0 Å². The third kappa shape index (κ3) is 6.35. The van der Waals surface area contributed by atoms with E-state index in [2.05, 4.69) is 61.5 Å². The highest BCUT2D eigenvalue weighted by molar-refractivity contribution is 6.02. The molecule has 0 aliphatic rings. The molecule has 2 N–H and O–H groups in total. The van der Waals surface area contributed by atoms with Crippen molar-refractivity contribution in [1.82, 2.24) is 0 Å². The van der Waals surface area contributed by atoms with Gasteiger partial charge in [0.15, 0.2) is 0 Å². The van der Waals surface area contributed by atoms with Crippen molar-refractivity contribution >= 4 is 16.5 Å². The minimum Gasteiger partial charge on any atom is -0.398 e. The van der Waals surface area contributed by atoms with Gasteiger partial charge in [0.05, 0.1) is 0 Å². The molecular formula is C28H37N. The van der Waals surface area contributed by atoms with E-state index in [4.69, 9.17) is 5.73 Å². The number of fused-ring (bicyclic) bond motifs is 1. The molecule has 0 aliphatic carbocycles. The summed E-state index contributed by atoms with van der Waals surface area (Å²) < 4.78 is 0. The molecule has 0 atom stereocenters. The van der Waals surface area contributed by atoms with E-state index in [9.17, 15) is 0 Å². The number of hydrogen-bond donors (Lipinski definition) is 1. The van der Waals surface area contributed by atoms with Crippen LogP contribution in [-0.2, 0) is 6.42 Å². The maximum atomic E-state index is 6.33. The maximum Gasteiger partial charge on any atom is 0.0400 e. The van der Waals surface area contributed by atoms with Gasteiger partial charge in [0, 0.05) is 11.3 Å². The van der Waals surface area contributed by atoms with Crippen molar-refractivity contribution < 1.29 is 0 Å². The fourth-order valence-electron chi connectivity index (χ4n) is 4.27. The zero-order valence-electron chi connectivity index (χ0n) is 18.1. The predicted octanol–water partition coefficient (Wildman–Crippen LogP) is 8.55. The molecule has 0 bridgehead atoms.